The highest BCUT2D eigenvalue weighted by Crippen LogP contribution is 2.27. The third kappa shape index (κ3) is 3.97. The van der Waals surface area contributed by atoms with E-state index < -0.39 is 11.9 Å². The number of hydrogen-bond donors (Lipinski definition) is 3. The van der Waals surface area contributed by atoms with Crippen molar-refractivity contribution in [1.29, 1.82) is 0 Å². The van der Waals surface area contributed by atoms with Gasteiger partial charge in [0, 0.05) is 25.3 Å². The van der Waals surface area contributed by atoms with Crippen LogP contribution in [-0.4, -0.2) is 41.6 Å². The molecule has 2 rings (SSSR count). The number of alkyl halides is 3. The molecule has 2 heterocycles. The lowest BCUT2D eigenvalue weighted by Crippen LogP contribution is -2.39. The van der Waals surface area contributed by atoms with E-state index in [1.807, 2.05) is 6.92 Å². The number of nitrogens with zero attached hydrogens (tertiary/aromatic N) is 3. The van der Waals surface area contributed by atoms with E-state index in [2.05, 4.69) is 30.9 Å². The SMILES string of the molecule is CC1CN=C(NCCNc2nccc(C(F)(F)F)n2)N1. The molecule has 1 aliphatic heterocycles. The van der Waals surface area contributed by atoms with Gasteiger partial charge >= 0.3 is 6.18 Å². The Balaban J connectivity index is 1.77. The Bertz CT molecular complexity index is 487. The van der Waals surface area contributed by atoms with Crippen molar-refractivity contribution in [2.75, 3.05) is 25.0 Å². The predicted molar refractivity (Wildman–Crippen MR) is 68.4 cm³/mol. The maximum atomic E-state index is 12.4. The van der Waals surface area contributed by atoms with Crippen LogP contribution >= 0.6 is 0 Å². The van der Waals surface area contributed by atoms with Crippen LogP contribution in [0.3, 0.4) is 0 Å². The first-order valence-corrected chi connectivity index (χ1v) is 6.14. The monoisotopic (exact) mass is 288 g/mol. The molecule has 0 amide bonds. The first-order valence-electron chi connectivity index (χ1n) is 6.14. The molecule has 0 saturated heterocycles. The second-order valence-corrected chi connectivity index (χ2v) is 4.35. The smallest absolute Gasteiger partial charge is 0.355 e. The summed E-state index contributed by atoms with van der Waals surface area (Å²) in [7, 11) is 0. The minimum Gasteiger partial charge on any atom is -0.355 e. The lowest BCUT2D eigenvalue weighted by Gasteiger charge is -2.10. The molecule has 0 bridgehead atoms. The summed E-state index contributed by atoms with van der Waals surface area (Å²) in [5, 5.41) is 8.86. The number of rotatable bonds is 4. The second kappa shape index (κ2) is 5.93. The van der Waals surface area contributed by atoms with Crippen LogP contribution in [0.1, 0.15) is 12.6 Å². The summed E-state index contributed by atoms with van der Waals surface area (Å²) < 4.78 is 37.3. The van der Waals surface area contributed by atoms with Gasteiger partial charge in [-0.25, -0.2) is 9.97 Å². The zero-order valence-corrected chi connectivity index (χ0v) is 10.8. The van der Waals surface area contributed by atoms with Crippen LogP contribution in [0.2, 0.25) is 0 Å². The zero-order valence-electron chi connectivity index (χ0n) is 10.8. The summed E-state index contributed by atoms with van der Waals surface area (Å²) in [6, 6.07) is 1.14. The Hall–Kier alpha value is -2.06. The summed E-state index contributed by atoms with van der Waals surface area (Å²) in [5.41, 5.74) is -0.960. The van der Waals surface area contributed by atoms with Gasteiger partial charge in [-0.2, -0.15) is 13.2 Å². The van der Waals surface area contributed by atoms with Crippen molar-refractivity contribution in [2.24, 2.45) is 4.99 Å². The van der Waals surface area contributed by atoms with E-state index in [0.29, 0.717) is 31.6 Å². The summed E-state index contributed by atoms with van der Waals surface area (Å²) in [5.74, 6) is 0.653. The fraction of sp³-hybridized carbons (Fsp3) is 0.545. The van der Waals surface area contributed by atoms with Gasteiger partial charge < -0.3 is 16.0 Å². The average Bonchev–Trinajstić information content (AvgIpc) is 2.80. The molecular formula is C11H15F3N6. The molecule has 0 radical (unpaired) electrons. The van der Waals surface area contributed by atoms with Crippen molar-refractivity contribution in [2.45, 2.75) is 19.1 Å². The topological polar surface area (TPSA) is 74.2 Å². The molecule has 0 aliphatic carbocycles. The molecule has 1 aliphatic rings. The van der Waals surface area contributed by atoms with Crippen molar-refractivity contribution >= 4 is 11.9 Å². The fourth-order valence-corrected chi connectivity index (χ4v) is 1.62. The largest absolute Gasteiger partial charge is 0.433 e. The van der Waals surface area contributed by atoms with Gasteiger partial charge in [-0.15, -0.1) is 0 Å². The van der Waals surface area contributed by atoms with E-state index >= 15 is 0 Å². The van der Waals surface area contributed by atoms with Gasteiger partial charge in [0.15, 0.2) is 5.96 Å². The number of anilines is 1. The minimum atomic E-state index is -4.46. The van der Waals surface area contributed by atoms with Gasteiger partial charge in [0.1, 0.15) is 5.69 Å². The third-order valence-electron chi connectivity index (χ3n) is 2.55. The minimum absolute atomic E-state index is 0.0451. The molecule has 1 unspecified atom stereocenters. The van der Waals surface area contributed by atoms with Gasteiger partial charge in [-0.1, -0.05) is 0 Å². The van der Waals surface area contributed by atoms with E-state index in [-0.39, 0.29) is 5.95 Å². The maximum absolute atomic E-state index is 12.4. The van der Waals surface area contributed by atoms with Crippen LogP contribution < -0.4 is 16.0 Å². The summed E-state index contributed by atoms with van der Waals surface area (Å²) in [6.07, 6.45) is -3.38. The van der Waals surface area contributed by atoms with E-state index in [0.717, 1.165) is 12.3 Å². The molecule has 9 heteroatoms. The maximum Gasteiger partial charge on any atom is 0.433 e. The van der Waals surface area contributed by atoms with Crippen LogP contribution in [0.4, 0.5) is 19.1 Å². The summed E-state index contributed by atoms with van der Waals surface area (Å²) in [4.78, 5) is 11.3. The fourth-order valence-electron chi connectivity index (χ4n) is 1.62. The van der Waals surface area contributed by atoms with Crippen LogP contribution in [0.15, 0.2) is 17.3 Å². The van der Waals surface area contributed by atoms with Gasteiger partial charge in [0.05, 0.1) is 6.54 Å². The average molecular weight is 288 g/mol. The number of guanidine groups is 1. The highest BCUT2D eigenvalue weighted by atomic mass is 19.4. The van der Waals surface area contributed by atoms with Crippen molar-refractivity contribution in [3.63, 3.8) is 0 Å². The second-order valence-electron chi connectivity index (χ2n) is 4.35. The molecule has 1 aromatic heterocycles. The van der Waals surface area contributed by atoms with Gasteiger partial charge in [-0.3, -0.25) is 4.99 Å². The Morgan fingerprint density at radius 2 is 2.10 bits per heavy atom. The van der Waals surface area contributed by atoms with Gasteiger partial charge in [-0.05, 0) is 13.0 Å². The molecule has 0 aromatic carbocycles. The Labute approximate surface area is 113 Å². The number of aliphatic imine (C=N–C) groups is 1. The number of halogens is 3. The summed E-state index contributed by atoms with van der Waals surface area (Å²) >= 11 is 0. The molecule has 0 fully saturated rings. The van der Waals surface area contributed by atoms with Crippen molar-refractivity contribution < 1.29 is 13.2 Å². The molecule has 0 spiro atoms. The lowest BCUT2D eigenvalue weighted by atomic mass is 10.4. The number of hydrogen-bond acceptors (Lipinski definition) is 6. The summed E-state index contributed by atoms with van der Waals surface area (Å²) in [6.45, 7) is 3.61. The van der Waals surface area contributed by atoms with Gasteiger partial charge in [0.25, 0.3) is 0 Å². The highest BCUT2D eigenvalue weighted by Gasteiger charge is 2.32. The number of nitrogens with one attached hydrogen (secondary N) is 3. The first-order chi connectivity index (χ1) is 9.45. The predicted octanol–water partition coefficient (Wildman–Crippen LogP) is 0.845. The van der Waals surface area contributed by atoms with Crippen LogP contribution in [0.25, 0.3) is 0 Å². The number of aromatic nitrogens is 2. The molecule has 6 nitrogen and oxygen atoms in total. The van der Waals surface area contributed by atoms with E-state index in [1.54, 1.807) is 0 Å². The Morgan fingerprint density at radius 3 is 2.75 bits per heavy atom. The van der Waals surface area contributed by atoms with E-state index in [4.69, 9.17) is 0 Å². The van der Waals surface area contributed by atoms with E-state index in [1.165, 1.54) is 0 Å². The van der Waals surface area contributed by atoms with Crippen molar-refractivity contribution in [1.82, 2.24) is 20.6 Å². The molecule has 20 heavy (non-hydrogen) atoms. The van der Waals surface area contributed by atoms with Crippen LogP contribution in [0, 0.1) is 0 Å². The molecule has 1 aromatic rings. The first kappa shape index (κ1) is 14.4. The molecule has 3 N–H and O–H groups in total. The van der Waals surface area contributed by atoms with Crippen molar-refractivity contribution in [3.8, 4) is 0 Å². The zero-order chi connectivity index (χ0) is 14.6. The normalized spacial score (nSPS) is 18.4. The molecule has 0 saturated carbocycles. The van der Waals surface area contributed by atoms with E-state index in [9.17, 15) is 13.2 Å². The van der Waals surface area contributed by atoms with Crippen molar-refractivity contribution in [3.05, 3.63) is 18.0 Å². The standard InChI is InChI=1S/C11H15F3N6/c1-7-6-18-10(19-7)17-5-4-16-9-15-3-2-8(20-9)11(12,13)14/h2-3,7H,4-6H2,1H3,(H,15,16,20)(H2,17,18,19). The van der Waals surface area contributed by atoms with Gasteiger partial charge in [0.2, 0.25) is 5.95 Å². The molecule has 110 valence electrons. The van der Waals surface area contributed by atoms with Crippen LogP contribution in [-0.2, 0) is 6.18 Å². The molecular weight excluding hydrogens is 273 g/mol. The Morgan fingerprint density at radius 1 is 1.35 bits per heavy atom. The molecule has 1 atom stereocenters. The van der Waals surface area contributed by atoms with Crippen LogP contribution in [0.5, 0.6) is 0 Å². The quantitative estimate of drug-likeness (QED) is 0.716. The lowest BCUT2D eigenvalue weighted by molar-refractivity contribution is -0.141. The Kier molecular flexibility index (Phi) is 4.26. The third-order valence-corrected chi connectivity index (χ3v) is 2.55. The highest BCUT2D eigenvalue weighted by molar-refractivity contribution is 5.81.